The number of carbonyl (C=O) groups is 2. The van der Waals surface area contributed by atoms with E-state index >= 15 is 0 Å². The molecule has 1 aromatic rings. The third-order valence-electron chi connectivity index (χ3n) is 3.95. The zero-order valence-corrected chi connectivity index (χ0v) is 14.0. The highest BCUT2D eigenvalue weighted by atomic mass is 16.5. The van der Waals surface area contributed by atoms with Gasteiger partial charge in [-0.15, -0.1) is 0 Å². The van der Waals surface area contributed by atoms with Gasteiger partial charge in [0.05, 0.1) is 19.1 Å². The van der Waals surface area contributed by atoms with Gasteiger partial charge >= 0.3 is 0 Å². The SMILES string of the molecule is CCOc1ccccc1CN1CCNC(=O)[C@H]1CC(=O)N(C)C. The molecule has 1 aliphatic heterocycles. The summed E-state index contributed by atoms with van der Waals surface area (Å²) in [7, 11) is 3.41. The van der Waals surface area contributed by atoms with Crippen LogP contribution in [0.5, 0.6) is 5.75 Å². The molecule has 6 nitrogen and oxygen atoms in total. The molecule has 1 fully saturated rings. The Labute approximate surface area is 137 Å². The lowest BCUT2D eigenvalue weighted by Crippen LogP contribution is -2.56. The Hall–Kier alpha value is -2.08. The van der Waals surface area contributed by atoms with Crippen molar-refractivity contribution in [3.63, 3.8) is 0 Å². The average Bonchev–Trinajstić information content (AvgIpc) is 2.52. The molecule has 1 aromatic carbocycles. The minimum absolute atomic E-state index is 0.0462. The number of hydrogen-bond acceptors (Lipinski definition) is 4. The fraction of sp³-hybridized carbons (Fsp3) is 0.529. The van der Waals surface area contributed by atoms with Crippen LogP contribution in [0.1, 0.15) is 18.9 Å². The number of carbonyl (C=O) groups excluding carboxylic acids is 2. The quantitative estimate of drug-likeness (QED) is 0.845. The Bertz CT molecular complexity index is 560. The number of hydrogen-bond donors (Lipinski definition) is 1. The molecule has 126 valence electrons. The summed E-state index contributed by atoms with van der Waals surface area (Å²) in [5, 5.41) is 2.85. The second kappa shape index (κ2) is 7.97. The Morgan fingerprint density at radius 3 is 2.83 bits per heavy atom. The van der Waals surface area contributed by atoms with Crippen LogP contribution >= 0.6 is 0 Å². The standard InChI is InChI=1S/C17H25N3O3/c1-4-23-15-8-6-5-7-13(15)12-20-10-9-18-17(22)14(20)11-16(21)19(2)3/h5-8,14H,4,9-12H2,1-3H3,(H,18,22)/t14-/m1/s1. The van der Waals surface area contributed by atoms with Gasteiger partial charge in [0.25, 0.3) is 0 Å². The van der Waals surface area contributed by atoms with Gasteiger partial charge in [-0.25, -0.2) is 0 Å². The molecule has 0 radical (unpaired) electrons. The molecule has 0 aliphatic carbocycles. The zero-order chi connectivity index (χ0) is 16.8. The maximum Gasteiger partial charge on any atom is 0.237 e. The molecule has 0 spiro atoms. The van der Waals surface area contributed by atoms with E-state index in [0.717, 1.165) is 17.9 Å². The predicted molar refractivity (Wildman–Crippen MR) is 88.1 cm³/mol. The summed E-state index contributed by atoms with van der Waals surface area (Å²) in [5.74, 6) is 0.703. The van der Waals surface area contributed by atoms with E-state index in [9.17, 15) is 9.59 Å². The number of benzene rings is 1. The van der Waals surface area contributed by atoms with Crippen LogP contribution in [0.3, 0.4) is 0 Å². The van der Waals surface area contributed by atoms with Crippen molar-refractivity contribution in [3.8, 4) is 5.75 Å². The summed E-state index contributed by atoms with van der Waals surface area (Å²) in [6.07, 6.45) is 0.190. The molecule has 0 aromatic heterocycles. The Morgan fingerprint density at radius 2 is 2.13 bits per heavy atom. The highest BCUT2D eigenvalue weighted by Gasteiger charge is 2.32. The van der Waals surface area contributed by atoms with Crippen molar-refractivity contribution in [1.29, 1.82) is 0 Å². The topological polar surface area (TPSA) is 61.9 Å². The monoisotopic (exact) mass is 319 g/mol. The highest BCUT2D eigenvalue weighted by molar-refractivity contribution is 5.88. The molecular weight excluding hydrogens is 294 g/mol. The van der Waals surface area contributed by atoms with Gasteiger partial charge in [-0.2, -0.15) is 0 Å². The van der Waals surface area contributed by atoms with E-state index < -0.39 is 6.04 Å². The largest absolute Gasteiger partial charge is 0.494 e. The van der Waals surface area contributed by atoms with Crippen LogP contribution in [0, 0.1) is 0 Å². The van der Waals surface area contributed by atoms with Crippen molar-refractivity contribution in [3.05, 3.63) is 29.8 Å². The highest BCUT2D eigenvalue weighted by Crippen LogP contribution is 2.22. The molecule has 2 amide bonds. The summed E-state index contributed by atoms with van der Waals surface area (Å²) in [5.41, 5.74) is 1.03. The fourth-order valence-electron chi connectivity index (χ4n) is 2.67. The normalized spacial score (nSPS) is 18.4. The van der Waals surface area contributed by atoms with Gasteiger partial charge in [-0.3, -0.25) is 14.5 Å². The smallest absolute Gasteiger partial charge is 0.237 e. The Kier molecular flexibility index (Phi) is 5.98. The molecule has 0 bridgehead atoms. The van der Waals surface area contributed by atoms with Crippen molar-refractivity contribution in [2.75, 3.05) is 33.8 Å². The second-order valence-corrected chi connectivity index (χ2v) is 5.81. The van der Waals surface area contributed by atoms with Crippen LogP contribution < -0.4 is 10.1 Å². The maximum atomic E-state index is 12.2. The number of ether oxygens (including phenoxy) is 1. The van der Waals surface area contributed by atoms with Crippen molar-refractivity contribution >= 4 is 11.8 Å². The van der Waals surface area contributed by atoms with Crippen molar-refractivity contribution in [1.82, 2.24) is 15.1 Å². The van der Waals surface area contributed by atoms with E-state index in [0.29, 0.717) is 19.7 Å². The van der Waals surface area contributed by atoms with Gasteiger partial charge in [0.15, 0.2) is 0 Å². The number of amides is 2. The summed E-state index contributed by atoms with van der Waals surface area (Å²) >= 11 is 0. The van der Waals surface area contributed by atoms with Crippen LogP contribution in [-0.2, 0) is 16.1 Å². The van der Waals surface area contributed by atoms with Crippen molar-refractivity contribution in [2.24, 2.45) is 0 Å². The lowest BCUT2D eigenvalue weighted by molar-refractivity contribution is -0.137. The van der Waals surface area contributed by atoms with Crippen LogP contribution in [-0.4, -0.2) is 61.4 Å². The fourth-order valence-corrected chi connectivity index (χ4v) is 2.67. The molecule has 6 heteroatoms. The summed E-state index contributed by atoms with van der Waals surface area (Å²) in [6.45, 7) is 4.46. The molecule has 1 N–H and O–H groups in total. The zero-order valence-electron chi connectivity index (χ0n) is 14.0. The van der Waals surface area contributed by atoms with E-state index in [2.05, 4.69) is 10.2 Å². The molecular formula is C17H25N3O3. The maximum absolute atomic E-state index is 12.2. The van der Waals surface area contributed by atoms with Gasteiger partial charge in [-0.05, 0) is 13.0 Å². The first-order valence-corrected chi connectivity index (χ1v) is 7.95. The Balaban J connectivity index is 2.15. The van der Waals surface area contributed by atoms with Gasteiger partial charge in [-0.1, -0.05) is 18.2 Å². The molecule has 1 heterocycles. The molecule has 23 heavy (non-hydrogen) atoms. The van der Waals surface area contributed by atoms with Gasteiger partial charge in [0, 0.05) is 39.3 Å². The van der Waals surface area contributed by atoms with Crippen LogP contribution in [0.15, 0.2) is 24.3 Å². The Morgan fingerprint density at radius 1 is 1.39 bits per heavy atom. The molecule has 0 saturated carbocycles. The third kappa shape index (κ3) is 4.45. The summed E-state index contributed by atoms with van der Waals surface area (Å²) in [6, 6.07) is 7.39. The second-order valence-electron chi connectivity index (χ2n) is 5.81. The number of piperazine rings is 1. The van der Waals surface area contributed by atoms with Crippen LogP contribution in [0.25, 0.3) is 0 Å². The first kappa shape index (κ1) is 17.3. The molecule has 1 atom stereocenters. The first-order chi connectivity index (χ1) is 11.0. The van der Waals surface area contributed by atoms with Crippen molar-refractivity contribution in [2.45, 2.75) is 25.9 Å². The van der Waals surface area contributed by atoms with Gasteiger partial charge in [0.1, 0.15) is 5.75 Å². The summed E-state index contributed by atoms with van der Waals surface area (Å²) in [4.78, 5) is 27.8. The van der Waals surface area contributed by atoms with E-state index in [1.54, 1.807) is 14.1 Å². The van der Waals surface area contributed by atoms with E-state index in [4.69, 9.17) is 4.74 Å². The van der Waals surface area contributed by atoms with Crippen molar-refractivity contribution < 1.29 is 14.3 Å². The lowest BCUT2D eigenvalue weighted by Gasteiger charge is -2.35. The predicted octanol–water partition coefficient (Wildman–Crippen LogP) is 0.864. The van der Waals surface area contributed by atoms with Gasteiger partial charge in [0.2, 0.25) is 11.8 Å². The van der Waals surface area contributed by atoms with Crippen LogP contribution in [0.2, 0.25) is 0 Å². The van der Waals surface area contributed by atoms with E-state index in [1.807, 2.05) is 31.2 Å². The minimum Gasteiger partial charge on any atom is -0.494 e. The third-order valence-corrected chi connectivity index (χ3v) is 3.95. The average molecular weight is 319 g/mol. The first-order valence-electron chi connectivity index (χ1n) is 7.95. The minimum atomic E-state index is -0.437. The summed E-state index contributed by atoms with van der Waals surface area (Å²) < 4.78 is 5.66. The number of rotatable bonds is 6. The molecule has 1 aliphatic rings. The lowest BCUT2D eigenvalue weighted by atomic mass is 10.1. The van der Waals surface area contributed by atoms with Gasteiger partial charge < -0.3 is 15.0 Å². The molecule has 1 saturated heterocycles. The number of nitrogens with one attached hydrogen (secondary N) is 1. The molecule has 0 unspecified atom stereocenters. The number of para-hydroxylation sites is 1. The van der Waals surface area contributed by atoms with Crippen LogP contribution in [0.4, 0.5) is 0 Å². The molecule has 2 rings (SSSR count). The van der Waals surface area contributed by atoms with E-state index in [1.165, 1.54) is 4.90 Å². The number of nitrogens with zero attached hydrogens (tertiary/aromatic N) is 2. The van der Waals surface area contributed by atoms with E-state index in [-0.39, 0.29) is 18.2 Å².